The molecule has 1 aromatic rings. The highest BCUT2D eigenvalue weighted by Gasteiger charge is 2.34. The molecule has 5 heteroatoms. The van der Waals surface area contributed by atoms with Crippen LogP contribution in [0.25, 0.3) is 0 Å². The van der Waals surface area contributed by atoms with E-state index in [1.54, 1.807) is 0 Å². The van der Waals surface area contributed by atoms with E-state index in [1.165, 1.54) is 50.7 Å². The van der Waals surface area contributed by atoms with Crippen molar-refractivity contribution in [2.45, 2.75) is 77.3 Å². The summed E-state index contributed by atoms with van der Waals surface area (Å²) in [6.07, 6.45) is 7.42. The van der Waals surface area contributed by atoms with Crippen LogP contribution in [-0.4, -0.2) is 5.97 Å². The van der Waals surface area contributed by atoms with Gasteiger partial charge >= 0.3 is 12.1 Å². The lowest BCUT2D eigenvalue weighted by molar-refractivity contribution is -0.140. The van der Waals surface area contributed by atoms with Crippen LogP contribution >= 0.6 is 0 Å². The normalized spacial score (nSPS) is 28.7. The smallest absolute Gasteiger partial charge is 0.416 e. The lowest BCUT2D eigenvalue weighted by Crippen LogP contribution is -2.30. The van der Waals surface area contributed by atoms with E-state index in [4.69, 9.17) is 4.74 Å². The number of carbonyl (C=O) groups excluding carboxylic acids is 1. The highest BCUT2D eigenvalue weighted by Crippen LogP contribution is 2.42. The summed E-state index contributed by atoms with van der Waals surface area (Å²) in [7, 11) is 0. The number of halogens is 3. The molecule has 0 radical (unpaired) electrons. The molecular formula is C23H31F3O2. The molecule has 2 aliphatic carbocycles. The van der Waals surface area contributed by atoms with E-state index in [2.05, 4.69) is 6.92 Å². The Bertz CT molecular complexity index is 622. The van der Waals surface area contributed by atoms with Crippen molar-refractivity contribution in [1.29, 1.82) is 0 Å². The van der Waals surface area contributed by atoms with Gasteiger partial charge in [0.2, 0.25) is 0 Å². The predicted octanol–water partition coefficient (Wildman–Crippen LogP) is 7.02. The van der Waals surface area contributed by atoms with Crippen LogP contribution in [0, 0.1) is 23.7 Å². The average Bonchev–Trinajstić information content (AvgIpc) is 2.69. The second-order valence-corrected chi connectivity index (χ2v) is 8.62. The van der Waals surface area contributed by atoms with E-state index in [-0.39, 0.29) is 17.6 Å². The van der Waals surface area contributed by atoms with Gasteiger partial charge in [-0.1, -0.05) is 32.6 Å². The summed E-state index contributed by atoms with van der Waals surface area (Å²) in [5.74, 6) is 2.20. The Hall–Kier alpha value is -1.52. The summed E-state index contributed by atoms with van der Waals surface area (Å²) in [5, 5.41) is 0. The maximum absolute atomic E-state index is 12.6. The van der Waals surface area contributed by atoms with Gasteiger partial charge in [-0.05, 0) is 80.5 Å². The lowest BCUT2D eigenvalue weighted by atomic mass is 9.69. The van der Waals surface area contributed by atoms with Crippen LogP contribution in [0.3, 0.4) is 0 Å². The molecule has 0 unspecified atom stereocenters. The Morgan fingerprint density at radius 1 is 0.929 bits per heavy atom. The first-order chi connectivity index (χ1) is 13.4. The first kappa shape index (κ1) is 21.2. The van der Waals surface area contributed by atoms with Gasteiger partial charge in [0, 0.05) is 0 Å². The quantitative estimate of drug-likeness (QED) is 0.395. The molecule has 28 heavy (non-hydrogen) atoms. The van der Waals surface area contributed by atoms with Gasteiger partial charge in [-0.15, -0.1) is 0 Å². The topological polar surface area (TPSA) is 26.3 Å². The van der Waals surface area contributed by atoms with Gasteiger partial charge in [0.15, 0.2) is 0 Å². The first-order valence-corrected chi connectivity index (χ1v) is 10.8. The van der Waals surface area contributed by atoms with Gasteiger partial charge in [-0.3, -0.25) is 4.79 Å². The molecule has 0 bridgehead atoms. The van der Waals surface area contributed by atoms with E-state index < -0.39 is 11.7 Å². The summed E-state index contributed by atoms with van der Waals surface area (Å²) < 4.78 is 43.2. The largest absolute Gasteiger partial charge is 0.426 e. The zero-order valence-corrected chi connectivity index (χ0v) is 16.6. The van der Waals surface area contributed by atoms with E-state index in [1.807, 2.05) is 0 Å². The number of ether oxygens (including phenoxy) is 1. The first-order valence-electron chi connectivity index (χ1n) is 10.8. The molecule has 2 fully saturated rings. The van der Waals surface area contributed by atoms with Crippen molar-refractivity contribution < 1.29 is 22.7 Å². The third kappa shape index (κ3) is 5.51. The molecule has 0 atom stereocenters. The standard InChI is InChI=1S/C23H31F3O2/c1-2-3-16-4-6-17(7-5-16)18-8-10-19(11-9-18)22(27)28-21-14-12-20(13-15-21)23(24,25)26/h12-19H,2-11H2,1H3. The predicted molar refractivity (Wildman–Crippen MR) is 103 cm³/mol. The minimum absolute atomic E-state index is 0.130. The summed E-state index contributed by atoms with van der Waals surface area (Å²) in [6.45, 7) is 2.26. The summed E-state index contributed by atoms with van der Waals surface area (Å²) in [4.78, 5) is 12.4. The molecule has 2 aliphatic rings. The van der Waals surface area contributed by atoms with Gasteiger partial charge in [-0.2, -0.15) is 13.2 Å². The van der Waals surface area contributed by atoms with E-state index in [0.29, 0.717) is 0 Å². The Balaban J connectivity index is 1.44. The molecule has 0 saturated heterocycles. The second-order valence-electron chi connectivity index (χ2n) is 8.62. The van der Waals surface area contributed by atoms with Crippen molar-refractivity contribution in [3.8, 4) is 5.75 Å². The number of rotatable bonds is 5. The van der Waals surface area contributed by atoms with Gasteiger partial charge in [-0.25, -0.2) is 0 Å². The zero-order valence-electron chi connectivity index (χ0n) is 16.6. The summed E-state index contributed by atoms with van der Waals surface area (Å²) >= 11 is 0. The molecule has 0 amide bonds. The maximum atomic E-state index is 12.6. The lowest BCUT2D eigenvalue weighted by Gasteiger charge is -2.37. The number of alkyl halides is 3. The number of benzene rings is 1. The van der Waals surface area contributed by atoms with Crippen molar-refractivity contribution >= 4 is 5.97 Å². The van der Waals surface area contributed by atoms with Crippen molar-refractivity contribution in [3.63, 3.8) is 0 Å². The average molecular weight is 396 g/mol. The molecule has 2 nitrogen and oxygen atoms in total. The summed E-state index contributed by atoms with van der Waals surface area (Å²) in [5.41, 5.74) is -0.735. The van der Waals surface area contributed by atoms with Crippen LogP contribution in [0.15, 0.2) is 24.3 Å². The van der Waals surface area contributed by atoms with E-state index in [9.17, 15) is 18.0 Å². The third-order valence-corrected chi connectivity index (χ3v) is 6.76. The second kappa shape index (κ2) is 9.32. The van der Waals surface area contributed by atoms with Crippen LogP contribution in [0.5, 0.6) is 5.75 Å². The van der Waals surface area contributed by atoms with Crippen molar-refractivity contribution in [2.24, 2.45) is 23.7 Å². The van der Waals surface area contributed by atoms with Crippen LogP contribution < -0.4 is 4.74 Å². The number of esters is 1. The molecule has 0 heterocycles. The minimum Gasteiger partial charge on any atom is -0.426 e. The van der Waals surface area contributed by atoms with Crippen molar-refractivity contribution in [3.05, 3.63) is 29.8 Å². The molecule has 0 spiro atoms. The van der Waals surface area contributed by atoms with Gasteiger partial charge in [0.1, 0.15) is 5.75 Å². The zero-order chi connectivity index (χ0) is 20.1. The maximum Gasteiger partial charge on any atom is 0.416 e. The fourth-order valence-electron chi connectivity index (χ4n) is 5.09. The van der Waals surface area contributed by atoms with Crippen molar-refractivity contribution in [2.75, 3.05) is 0 Å². The molecule has 2 saturated carbocycles. The molecule has 1 aromatic carbocycles. The molecule has 3 rings (SSSR count). The number of hydrogen-bond donors (Lipinski definition) is 0. The fraction of sp³-hybridized carbons (Fsp3) is 0.696. The fourth-order valence-corrected chi connectivity index (χ4v) is 5.09. The molecular weight excluding hydrogens is 365 g/mol. The molecule has 0 N–H and O–H groups in total. The number of carbonyl (C=O) groups is 1. The monoisotopic (exact) mass is 396 g/mol. The van der Waals surface area contributed by atoms with Crippen LogP contribution in [0.4, 0.5) is 13.2 Å². The Kier molecular flexibility index (Phi) is 7.05. The Morgan fingerprint density at radius 2 is 1.46 bits per heavy atom. The third-order valence-electron chi connectivity index (χ3n) is 6.76. The molecule has 0 aromatic heterocycles. The van der Waals surface area contributed by atoms with Crippen LogP contribution in [0.2, 0.25) is 0 Å². The Morgan fingerprint density at radius 3 is 1.96 bits per heavy atom. The number of hydrogen-bond acceptors (Lipinski definition) is 2. The molecule has 156 valence electrons. The van der Waals surface area contributed by atoms with Gasteiger partial charge < -0.3 is 4.74 Å². The highest BCUT2D eigenvalue weighted by molar-refractivity contribution is 5.75. The SMILES string of the molecule is CCCC1CCC(C2CCC(C(=O)Oc3ccc(C(F)(F)F)cc3)CC2)CC1. The summed E-state index contributed by atoms with van der Waals surface area (Å²) in [6, 6.07) is 4.35. The van der Waals surface area contributed by atoms with Crippen molar-refractivity contribution in [1.82, 2.24) is 0 Å². The van der Waals surface area contributed by atoms with Gasteiger partial charge in [0.25, 0.3) is 0 Å². The molecule has 0 aliphatic heterocycles. The van der Waals surface area contributed by atoms with Crippen LogP contribution in [0.1, 0.15) is 76.7 Å². The van der Waals surface area contributed by atoms with E-state index >= 15 is 0 Å². The van der Waals surface area contributed by atoms with E-state index in [0.717, 1.165) is 55.6 Å². The van der Waals surface area contributed by atoms with Gasteiger partial charge in [0.05, 0.1) is 11.5 Å². The highest BCUT2D eigenvalue weighted by atomic mass is 19.4. The van der Waals surface area contributed by atoms with Crippen LogP contribution in [-0.2, 0) is 11.0 Å². The Labute approximate surface area is 165 Å². The minimum atomic E-state index is -4.38.